The lowest BCUT2D eigenvalue weighted by atomic mass is 9.68. The highest BCUT2D eigenvalue weighted by Crippen LogP contribution is 2.41. The van der Waals surface area contributed by atoms with Crippen LogP contribution in [-0.2, 0) is 14.0 Å². The molecular weight excluding hydrogens is 329 g/mol. The van der Waals surface area contributed by atoms with Crippen LogP contribution in [-0.4, -0.2) is 47.4 Å². The molecule has 0 aromatic heterocycles. The van der Waals surface area contributed by atoms with E-state index < -0.39 is 23.9 Å². The van der Waals surface area contributed by atoms with E-state index in [0.29, 0.717) is 6.54 Å². The number of hydrogen-bond acceptors (Lipinski definition) is 4. The van der Waals surface area contributed by atoms with Crippen molar-refractivity contribution in [3.8, 4) is 0 Å². The summed E-state index contributed by atoms with van der Waals surface area (Å²) in [7, 11) is -0.474. The Labute approximate surface area is 159 Å². The second-order valence-corrected chi connectivity index (χ2v) is 10.5. The molecule has 1 atom stereocenters. The first kappa shape index (κ1) is 21.3. The zero-order valence-corrected chi connectivity index (χ0v) is 18.2. The van der Waals surface area contributed by atoms with Crippen molar-refractivity contribution >= 4 is 13.2 Å². The second-order valence-electron chi connectivity index (χ2n) is 10.5. The molecule has 0 bridgehead atoms. The first-order valence-electron chi connectivity index (χ1n) is 9.58. The fraction of sp³-hybridized carbons (Fsp3) is 0.850. The van der Waals surface area contributed by atoms with E-state index in [2.05, 4.69) is 26.8 Å². The van der Waals surface area contributed by atoms with E-state index in [1.165, 1.54) is 5.57 Å². The van der Waals surface area contributed by atoms with Crippen LogP contribution in [0.25, 0.3) is 0 Å². The van der Waals surface area contributed by atoms with Gasteiger partial charge in [0, 0.05) is 6.54 Å². The van der Waals surface area contributed by atoms with Gasteiger partial charge in [-0.15, -0.1) is 0 Å². The molecule has 0 aliphatic carbocycles. The summed E-state index contributed by atoms with van der Waals surface area (Å²) in [6.45, 7) is 20.9. The van der Waals surface area contributed by atoms with Crippen molar-refractivity contribution in [3.05, 3.63) is 11.6 Å². The van der Waals surface area contributed by atoms with E-state index in [9.17, 15) is 4.79 Å². The van der Waals surface area contributed by atoms with E-state index in [4.69, 9.17) is 14.0 Å². The maximum atomic E-state index is 12.8. The fourth-order valence-electron chi connectivity index (χ4n) is 3.19. The van der Waals surface area contributed by atoms with Gasteiger partial charge in [-0.1, -0.05) is 32.4 Å². The first-order valence-corrected chi connectivity index (χ1v) is 9.58. The maximum absolute atomic E-state index is 12.8. The average Bonchev–Trinajstić information content (AvgIpc) is 2.64. The van der Waals surface area contributed by atoms with Gasteiger partial charge in [0.25, 0.3) is 0 Å². The van der Waals surface area contributed by atoms with E-state index in [1.54, 1.807) is 4.90 Å². The number of amides is 1. The third kappa shape index (κ3) is 4.45. The normalized spacial score (nSPS) is 25.9. The van der Waals surface area contributed by atoms with Crippen LogP contribution in [0.4, 0.5) is 4.79 Å². The molecule has 0 aromatic rings. The second kappa shape index (κ2) is 6.56. The number of rotatable bonds is 1. The van der Waals surface area contributed by atoms with Gasteiger partial charge in [0.05, 0.1) is 17.1 Å². The SMILES string of the molecule is CC(C)(C)OC(=O)N1CC=C(C(C)(C)C)CC1B1OC(C)(C)C(C)(C)O1. The Hall–Kier alpha value is -1.01. The number of carbonyl (C=O) groups is 1. The van der Waals surface area contributed by atoms with Gasteiger partial charge in [0.2, 0.25) is 0 Å². The summed E-state index contributed by atoms with van der Waals surface area (Å²) in [4.78, 5) is 14.6. The highest BCUT2D eigenvalue weighted by molar-refractivity contribution is 6.48. The van der Waals surface area contributed by atoms with Gasteiger partial charge in [-0.3, -0.25) is 0 Å². The molecule has 2 aliphatic rings. The van der Waals surface area contributed by atoms with Crippen LogP contribution >= 0.6 is 0 Å². The standard InChI is InChI=1S/C20H36BNO4/c1-17(2,3)14-11-12-22(16(23)24-18(4,5)6)15(13-14)21-25-19(7,8)20(9,10)26-21/h11,15H,12-13H2,1-10H3. The van der Waals surface area contributed by atoms with Gasteiger partial charge < -0.3 is 18.9 Å². The van der Waals surface area contributed by atoms with Gasteiger partial charge in [0.15, 0.2) is 0 Å². The molecule has 0 spiro atoms. The van der Waals surface area contributed by atoms with Crippen molar-refractivity contribution in [1.29, 1.82) is 0 Å². The van der Waals surface area contributed by atoms with Gasteiger partial charge in [-0.25, -0.2) is 4.79 Å². The van der Waals surface area contributed by atoms with Crippen LogP contribution in [0.2, 0.25) is 0 Å². The van der Waals surface area contributed by atoms with Crippen molar-refractivity contribution < 1.29 is 18.8 Å². The Balaban J connectivity index is 2.31. The van der Waals surface area contributed by atoms with Crippen LogP contribution in [0.1, 0.15) is 75.7 Å². The minimum atomic E-state index is -0.536. The topological polar surface area (TPSA) is 48.0 Å². The lowest BCUT2D eigenvalue weighted by Gasteiger charge is -2.40. The highest BCUT2D eigenvalue weighted by Gasteiger charge is 2.56. The Morgan fingerprint density at radius 1 is 1.12 bits per heavy atom. The summed E-state index contributed by atoms with van der Waals surface area (Å²) in [6.07, 6.45) is 2.55. The van der Waals surface area contributed by atoms with E-state index in [1.807, 2.05) is 48.5 Å². The zero-order valence-electron chi connectivity index (χ0n) is 18.2. The molecule has 26 heavy (non-hydrogen) atoms. The summed E-state index contributed by atoms with van der Waals surface area (Å²) in [6, 6.07) is 0. The van der Waals surface area contributed by atoms with Crippen molar-refractivity contribution in [1.82, 2.24) is 4.90 Å². The molecule has 0 aromatic carbocycles. The minimum Gasteiger partial charge on any atom is -0.444 e. The molecule has 1 amide bonds. The fourth-order valence-corrected chi connectivity index (χ4v) is 3.19. The molecule has 2 aliphatic heterocycles. The molecule has 1 unspecified atom stereocenters. The Morgan fingerprint density at radius 2 is 1.62 bits per heavy atom. The lowest BCUT2D eigenvalue weighted by Crippen LogP contribution is -2.54. The number of ether oxygens (including phenoxy) is 1. The van der Waals surface area contributed by atoms with Crippen molar-refractivity contribution in [2.45, 2.75) is 98.4 Å². The van der Waals surface area contributed by atoms with Crippen molar-refractivity contribution in [2.75, 3.05) is 6.54 Å². The summed E-state index contributed by atoms with van der Waals surface area (Å²) in [5, 5.41) is 0. The predicted octanol–water partition coefficient (Wildman–Crippen LogP) is 4.60. The monoisotopic (exact) mass is 365 g/mol. The summed E-state index contributed by atoms with van der Waals surface area (Å²) in [5.41, 5.74) is -0.0363. The maximum Gasteiger partial charge on any atom is 0.482 e. The third-order valence-corrected chi connectivity index (χ3v) is 5.54. The Morgan fingerprint density at radius 3 is 2.04 bits per heavy atom. The lowest BCUT2D eigenvalue weighted by molar-refractivity contribution is 0.00578. The molecule has 2 heterocycles. The molecular formula is C20H36BNO4. The molecule has 1 fully saturated rings. The largest absolute Gasteiger partial charge is 0.482 e. The van der Waals surface area contributed by atoms with Crippen molar-refractivity contribution in [2.24, 2.45) is 5.41 Å². The average molecular weight is 365 g/mol. The number of nitrogens with zero attached hydrogens (tertiary/aromatic N) is 1. The molecule has 6 heteroatoms. The van der Waals surface area contributed by atoms with Crippen LogP contribution in [0, 0.1) is 5.41 Å². The molecule has 0 N–H and O–H groups in total. The predicted molar refractivity (Wildman–Crippen MR) is 105 cm³/mol. The zero-order chi connectivity index (χ0) is 20.1. The minimum absolute atomic E-state index is 0.0436. The van der Waals surface area contributed by atoms with Gasteiger partial charge in [-0.2, -0.15) is 0 Å². The summed E-state index contributed by atoms with van der Waals surface area (Å²) >= 11 is 0. The van der Waals surface area contributed by atoms with E-state index in [0.717, 1.165) is 6.42 Å². The molecule has 0 saturated carbocycles. The molecule has 2 rings (SSSR count). The van der Waals surface area contributed by atoms with Crippen molar-refractivity contribution in [3.63, 3.8) is 0 Å². The van der Waals surface area contributed by atoms with Crippen LogP contribution in [0.3, 0.4) is 0 Å². The molecule has 5 nitrogen and oxygen atoms in total. The quantitative estimate of drug-likeness (QED) is 0.503. The van der Waals surface area contributed by atoms with Crippen LogP contribution < -0.4 is 0 Å². The highest BCUT2D eigenvalue weighted by atomic mass is 16.7. The Bertz CT molecular complexity index is 568. The number of hydrogen-bond donors (Lipinski definition) is 0. The van der Waals surface area contributed by atoms with Crippen LogP contribution in [0.15, 0.2) is 11.6 Å². The van der Waals surface area contributed by atoms with Gasteiger partial charge in [-0.05, 0) is 60.3 Å². The number of carbonyl (C=O) groups excluding carboxylic acids is 1. The first-order chi connectivity index (χ1) is 11.5. The summed E-state index contributed by atoms with van der Waals surface area (Å²) in [5.74, 6) is -0.204. The Kier molecular flexibility index (Phi) is 5.37. The third-order valence-electron chi connectivity index (χ3n) is 5.54. The van der Waals surface area contributed by atoms with Crippen LogP contribution in [0.5, 0.6) is 0 Å². The molecule has 0 radical (unpaired) electrons. The van der Waals surface area contributed by atoms with E-state index in [-0.39, 0.29) is 17.4 Å². The molecule has 1 saturated heterocycles. The molecule has 148 valence electrons. The van der Waals surface area contributed by atoms with E-state index >= 15 is 0 Å². The smallest absolute Gasteiger partial charge is 0.444 e. The van der Waals surface area contributed by atoms with Gasteiger partial charge in [0.1, 0.15) is 5.60 Å². The summed E-state index contributed by atoms with van der Waals surface area (Å²) < 4.78 is 18.2. The van der Waals surface area contributed by atoms with Gasteiger partial charge >= 0.3 is 13.2 Å².